The summed E-state index contributed by atoms with van der Waals surface area (Å²) in [5.41, 5.74) is 49.7. The minimum Gasteiger partial charge on any atom is -0.399 e. The first-order valence-electron chi connectivity index (χ1n) is 51.0. The molecule has 14 N–H and O–H groups in total. The number of aromatic nitrogens is 9. The van der Waals surface area contributed by atoms with Gasteiger partial charge in [0.15, 0.2) is 0 Å². The van der Waals surface area contributed by atoms with E-state index in [2.05, 4.69) is 346 Å². The number of carbonyl (C=O) groups excluding carboxylic acids is 4. The van der Waals surface area contributed by atoms with E-state index in [0.29, 0.717) is 112 Å². The van der Waals surface area contributed by atoms with Crippen LogP contribution in [-0.4, -0.2) is 97.9 Å². The Morgan fingerprint density at radius 1 is 0.268 bits per heavy atom. The number of nitrogen functional groups attached to an aromatic ring is 2. The Morgan fingerprint density at radius 2 is 0.523 bits per heavy atom. The third-order valence-corrected chi connectivity index (χ3v) is 27.5. The van der Waals surface area contributed by atoms with Crippen LogP contribution in [0.25, 0.3) is 44.1 Å². The van der Waals surface area contributed by atoms with Crippen molar-refractivity contribution in [2.75, 3.05) is 44.2 Å². The van der Waals surface area contributed by atoms with Gasteiger partial charge in [-0.1, -0.05) is 324 Å². The Morgan fingerprint density at radius 3 is 0.799 bits per heavy atom. The van der Waals surface area contributed by atoms with E-state index in [9.17, 15) is 35.4 Å². The van der Waals surface area contributed by atoms with Crippen molar-refractivity contribution in [3.8, 4) is 0 Å². The van der Waals surface area contributed by atoms with Crippen LogP contribution in [0.3, 0.4) is 0 Å². The summed E-state index contributed by atoms with van der Waals surface area (Å²) < 4.78 is 16.4. The van der Waals surface area contributed by atoms with E-state index in [1.54, 1.807) is 6.20 Å². The number of hydrogen-bond acceptors (Lipinski definition) is 12. The predicted octanol–water partition coefficient (Wildman–Crippen LogP) is 19.2. The molecule has 0 aliphatic carbocycles. The second kappa shape index (κ2) is 49.6. The van der Waals surface area contributed by atoms with Gasteiger partial charge in [-0.25, -0.2) is 0 Å². The third kappa shape index (κ3) is 27.3. The summed E-state index contributed by atoms with van der Waals surface area (Å²) >= 11 is 0. The molecule has 5 aromatic heterocycles. The van der Waals surface area contributed by atoms with E-state index in [-0.39, 0.29) is 73.6 Å². The molecule has 0 radical (unpaired) electrons. The smallest absolute Gasteiger partial charge is 0.233 e. The Hall–Kier alpha value is -17.3. The summed E-state index contributed by atoms with van der Waals surface area (Å²) in [6.07, 6.45) is 5.17. The third-order valence-electron chi connectivity index (χ3n) is 27.5. The van der Waals surface area contributed by atoms with Gasteiger partial charge in [-0.15, -0.1) is 0 Å². The molecule has 0 fully saturated rings. The quantitative estimate of drug-likeness (QED) is 0.0169. The number of hydrogen-bond donors (Lipinski definition) is 11. The highest BCUT2D eigenvalue weighted by atomic mass is 16.2. The number of benzene rings is 14. The van der Waals surface area contributed by atoms with Crippen LogP contribution in [0.2, 0.25) is 0 Å². The Balaban J connectivity index is 0.000000142. The number of carbonyl (C=O) groups is 4. The highest BCUT2D eigenvalue weighted by Crippen LogP contribution is 2.30. The lowest BCUT2D eigenvalue weighted by atomic mass is 10.0. The number of rotatable bonds is 35. The Kier molecular flexibility index (Phi) is 34.8. The van der Waals surface area contributed by atoms with Crippen LogP contribution in [0.1, 0.15) is 130 Å². The summed E-state index contributed by atoms with van der Waals surface area (Å²) in [6, 6.07) is 120. The van der Waals surface area contributed by atoms with Gasteiger partial charge in [-0.2, -0.15) is 0 Å². The summed E-state index contributed by atoms with van der Waals surface area (Å²) in [4.78, 5) is 55.1. The SMILES string of the molecule is Cc1ccc(CC(CNC(=O)CN)n2c(=N)n(Cc3ccc(C)cc3)c3ccccc32)cc1.Cc1ccc(CC(CNC(=O)Cc2cccc(N)c2)n2c(=N)n(Cc3ccc(C)cc3)c3ccccc32)cc1.Cc1ccc(CC(CNC(=O)Cc2ccccc2N)n2c(=N)n(Cc3ccc(C)cc3)c3ccccc32)cc1.Cc1ccc(CC(CNC(=O)Cc2ccccn2)n2c(=N)n(Cc3ccc(C)cc3)c3ccccc32)cc1. The largest absolute Gasteiger partial charge is 0.399 e. The molecule has 0 spiro atoms. The molecule has 4 unspecified atom stereocenters. The van der Waals surface area contributed by atoms with E-state index in [4.69, 9.17) is 22.6 Å². The number of pyridine rings is 1. The van der Waals surface area contributed by atoms with Crippen LogP contribution < -0.4 is 60.9 Å². The fourth-order valence-electron chi connectivity index (χ4n) is 19.3. The molecule has 19 aromatic rings. The normalized spacial score (nSPS) is 12.0. The van der Waals surface area contributed by atoms with Crippen LogP contribution in [-0.2, 0) is 90.3 Å². The van der Waals surface area contributed by atoms with Gasteiger partial charge < -0.3 is 75.0 Å². The van der Waals surface area contributed by atoms with Gasteiger partial charge >= 0.3 is 0 Å². The van der Waals surface area contributed by atoms with Crippen LogP contribution in [0.5, 0.6) is 0 Å². The van der Waals surface area contributed by atoms with Crippen molar-refractivity contribution in [3.63, 3.8) is 0 Å². The van der Waals surface area contributed by atoms with Gasteiger partial charge in [0.05, 0.1) is 120 Å². The lowest BCUT2D eigenvalue weighted by molar-refractivity contribution is -0.121. The molecule has 24 nitrogen and oxygen atoms in total. The maximum absolute atomic E-state index is 13.0. The van der Waals surface area contributed by atoms with Gasteiger partial charge in [-0.3, -0.25) is 45.8 Å². The highest BCUT2D eigenvalue weighted by Gasteiger charge is 2.28. The zero-order valence-electron chi connectivity index (χ0n) is 86.2. The van der Waals surface area contributed by atoms with Crippen molar-refractivity contribution < 1.29 is 19.2 Å². The highest BCUT2D eigenvalue weighted by molar-refractivity contribution is 5.83. The first-order valence-corrected chi connectivity index (χ1v) is 51.0. The number of nitrogens with two attached hydrogens (primary N) is 3. The van der Waals surface area contributed by atoms with Gasteiger partial charge in [0, 0.05) is 49.4 Å². The summed E-state index contributed by atoms with van der Waals surface area (Å²) in [5.74, 6) is -0.421. The molecule has 4 amide bonds. The van der Waals surface area contributed by atoms with Crippen molar-refractivity contribution in [3.05, 3.63) is 492 Å². The minimum atomic E-state index is -0.195. The maximum atomic E-state index is 13.0. The van der Waals surface area contributed by atoms with E-state index in [1.807, 2.05) is 130 Å². The molecular weight excluding hydrogens is 1850 g/mol. The number of imidazole rings is 4. The first kappa shape index (κ1) is 105. The molecule has 0 aliphatic rings. The number of amides is 4. The number of anilines is 2. The van der Waals surface area contributed by atoms with E-state index < -0.39 is 0 Å². The molecule has 5 heterocycles. The van der Waals surface area contributed by atoms with Gasteiger partial charge in [0.2, 0.25) is 46.1 Å². The van der Waals surface area contributed by atoms with Crippen molar-refractivity contribution in [2.45, 2.75) is 151 Å². The molecular formula is C125H134N20O4. The van der Waals surface area contributed by atoms with E-state index >= 15 is 0 Å². The topological polar surface area (TPSA) is 342 Å². The second-order valence-corrected chi connectivity index (χ2v) is 39.1. The number of fused-ring (bicyclic) bond motifs is 4. The van der Waals surface area contributed by atoms with Crippen molar-refractivity contribution in [1.82, 2.24) is 62.8 Å². The molecule has 149 heavy (non-hydrogen) atoms. The van der Waals surface area contributed by atoms with Gasteiger partial charge in [0.1, 0.15) is 0 Å². The van der Waals surface area contributed by atoms with Crippen LogP contribution in [0.4, 0.5) is 11.4 Å². The van der Waals surface area contributed by atoms with E-state index in [1.165, 1.54) is 50.1 Å². The van der Waals surface area contributed by atoms with E-state index in [0.717, 1.165) is 99.9 Å². The molecule has 0 bridgehead atoms. The number of nitrogens with one attached hydrogen (secondary N) is 8. The van der Waals surface area contributed by atoms with Crippen LogP contribution in [0, 0.1) is 77.0 Å². The molecule has 19 rings (SSSR count). The second-order valence-electron chi connectivity index (χ2n) is 39.1. The first-order chi connectivity index (χ1) is 72.2. The zero-order chi connectivity index (χ0) is 105. The predicted molar refractivity (Wildman–Crippen MR) is 598 cm³/mol. The molecule has 24 heteroatoms. The Labute approximate surface area is 870 Å². The molecule has 14 aromatic carbocycles. The zero-order valence-corrected chi connectivity index (χ0v) is 86.2. The van der Waals surface area contributed by atoms with Crippen molar-refractivity contribution in [1.29, 1.82) is 21.6 Å². The fraction of sp³-hybridized carbons (Fsp3) is 0.224. The Bertz CT molecular complexity index is 8070. The molecule has 758 valence electrons. The van der Waals surface area contributed by atoms with Crippen LogP contribution >= 0.6 is 0 Å². The lowest BCUT2D eigenvalue weighted by Crippen LogP contribution is -2.39. The average molecular weight is 1980 g/mol. The van der Waals surface area contributed by atoms with Crippen molar-refractivity contribution in [2.24, 2.45) is 5.73 Å². The summed E-state index contributed by atoms with van der Waals surface area (Å²) in [6.45, 7) is 20.6. The fourth-order valence-corrected chi connectivity index (χ4v) is 19.3. The van der Waals surface area contributed by atoms with Crippen LogP contribution in [0.15, 0.2) is 364 Å². The molecule has 0 saturated carbocycles. The molecule has 0 saturated heterocycles. The summed E-state index contributed by atoms with van der Waals surface area (Å²) in [7, 11) is 0. The molecule has 4 atom stereocenters. The van der Waals surface area contributed by atoms with Gasteiger partial charge in [0.25, 0.3) is 0 Å². The maximum Gasteiger partial charge on any atom is 0.233 e. The van der Waals surface area contributed by atoms with Crippen molar-refractivity contribution >= 4 is 79.1 Å². The summed E-state index contributed by atoms with van der Waals surface area (Å²) in [5, 5.41) is 49.3. The average Bonchev–Trinajstić information content (AvgIpc) is 1.62. The lowest BCUT2D eigenvalue weighted by Gasteiger charge is -2.21. The van der Waals surface area contributed by atoms with Gasteiger partial charge in [-0.05, 0) is 216 Å². The standard InChI is InChI=1S/2C33H35N5O.C32H33N5O.C27H31N5O/c1-23-10-14-25(15-11-23)19-29(21-36-32(39)20-27-6-5-7-28(34)18-27)38-31-9-4-3-8-30(31)37(33(38)35)22-26-16-12-24(2)13-17-26;1-23-11-15-25(16-12-23)19-28(21-36-32(39)20-27-7-3-4-8-29(27)34)38-31-10-6-5-9-30(31)37(33(38)35)22-26-17-13-24(2)14-18-26;1-23-10-14-25(15-11-23)19-28(21-35-31(38)20-27-7-5-6-18-34-27)37-30-9-4-3-8-29(30)36(32(37)33)22-26-16-12-24(2)13-17-26;1-19-7-11-21(12-8-19)15-23(17-30-26(33)16-28)32-25-6-4-3-5-24(25)31(27(32)29)18-22-13-9-20(2)10-14-22/h3-18,29,35H,19-22,34H2,1-2H3,(H,36,39);3-18,28,35H,19-22,34H2,1-2H3,(H,36,39);3-18,28,33H,19-22H2,1-2H3,(H,35,38);3-14,23,29H,15-18,28H2,1-2H3,(H,30,33). The number of nitrogens with zero attached hydrogens (tertiary/aromatic N) is 9. The minimum absolute atomic E-state index is 0.0508. The molecule has 0 aliphatic heterocycles. The number of para-hydroxylation sites is 9. The monoisotopic (exact) mass is 1980 g/mol. The number of aryl methyl sites for hydroxylation is 8.